The lowest BCUT2D eigenvalue weighted by atomic mass is 9.71. The maximum absolute atomic E-state index is 11.6. The summed E-state index contributed by atoms with van der Waals surface area (Å²) in [6.45, 7) is 4.35. The van der Waals surface area contributed by atoms with Gasteiger partial charge in [0.2, 0.25) is 0 Å². The Kier molecular flexibility index (Phi) is 3.47. The van der Waals surface area contributed by atoms with Crippen molar-refractivity contribution in [3.05, 3.63) is 0 Å². The molecule has 0 aromatic heterocycles. The number of hydrogen-bond acceptors (Lipinski definition) is 4. The van der Waals surface area contributed by atoms with Crippen LogP contribution in [0.25, 0.3) is 0 Å². The van der Waals surface area contributed by atoms with E-state index < -0.39 is 5.60 Å². The maximum atomic E-state index is 11.6. The Labute approximate surface area is 107 Å². The molecule has 2 amide bonds. The summed E-state index contributed by atoms with van der Waals surface area (Å²) in [5, 5.41) is 10.5. The van der Waals surface area contributed by atoms with Crippen molar-refractivity contribution in [3.63, 3.8) is 0 Å². The second kappa shape index (κ2) is 4.63. The summed E-state index contributed by atoms with van der Waals surface area (Å²) in [4.78, 5) is 24.4. The highest BCUT2D eigenvalue weighted by Gasteiger charge is 2.40. The summed E-state index contributed by atoms with van der Waals surface area (Å²) in [6, 6.07) is 0. The number of hydrogen-bond donors (Lipinski definition) is 1. The van der Waals surface area contributed by atoms with Crippen LogP contribution in [0.15, 0.2) is 0 Å². The lowest BCUT2D eigenvalue weighted by Gasteiger charge is -2.42. The first-order valence-corrected chi connectivity index (χ1v) is 6.45. The number of imide groups is 1. The number of β-amino-alcohol motifs (C(OH)–C–C–N with tert-alkyl or cyclic N) is 1. The number of aliphatic hydroxyl groups is 1. The van der Waals surface area contributed by atoms with Crippen molar-refractivity contribution in [1.82, 2.24) is 4.90 Å². The molecule has 0 aromatic rings. The summed E-state index contributed by atoms with van der Waals surface area (Å²) in [6.07, 6.45) is 3.10. The van der Waals surface area contributed by atoms with Crippen molar-refractivity contribution in [2.75, 3.05) is 19.8 Å². The van der Waals surface area contributed by atoms with E-state index in [2.05, 4.69) is 13.8 Å². The largest absolute Gasteiger partial charge is 0.388 e. The standard InChI is InChI=1S/C13H21NO4/c1-12(2)3-5-13(17,6-4-12)9-14-10(15)7-18-8-11(14)16/h17H,3-9H2,1-2H3. The lowest BCUT2D eigenvalue weighted by molar-refractivity contribution is -0.164. The van der Waals surface area contributed by atoms with E-state index in [4.69, 9.17) is 4.74 Å². The predicted octanol–water partition coefficient (Wildman–Crippen LogP) is 0.703. The molecule has 18 heavy (non-hydrogen) atoms. The molecule has 5 nitrogen and oxygen atoms in total. The maximum Gasteiger partial charge on any atom is 0.255 e. The third kappa shape index (κ3) is 2.90. The molecule has 0 radical (unpaired) electrons. The molecule has 1 aliphatic carbocycles. The molecule has 102 valence electrons. The summed E-state index contributed by atoms with van der Waals surface area (Å²) < 4.78 is 4.86. The highest BCUT2D eigenvalue weighted by atomic mass is 16.5. The quantitative estimate of drug-likeness (QED) is 0.738. The topological polar surface area (TPSA) is 66.8 Å². The Hall–Kier alpha value is -0.940. The van der Waals surface area contributed by atoms with Crippen LogP contribution in [-0.2, 0) is 14.3 Å². The van der Waals surface area contributed by atoms with Crippen LogP contribution in [0.5, 0.6) is 0 Å². The van der Waals surface area contributed by atoms with Crippen LogP contribution in [0.1, 0.15) is 39.5 Å². The fraction of sp³-hybridized carbons (Fsp3) is 0.846. The van der Waals surface area contributed by atoms with E-state index in [0.29, 0.717) is 12.8 Å². The van der Waals surface area contributed by atoms with E-state index in [-0.39, 0.29) is 37.0 Å². The lowest BCUT2D eigenvalue weighted by Crippen LogP contribution is -2.54. The van der Waals surface area contributed by atoms with Crippen molar-refractivity contribution in [2.45, 2.75) is 45.1 Å². The molecule has 2 fully saturated rings. The molecule has 1 N–H and O–H groups in total. The zero-order valence-corrected chi connectivity index (χ0v) is 11.1. The van der Waals surface area contributed by atoms with Gasteiger partial charge in [0.1, 0.15) is 13.2 Å². The molecule has 0 atom stereocenters. The molecule has 1 aliphatic heterocycles. The SMILES string of the molecule is CC1(C)CCC(O)(CN2C(=O)COCC2=O)CC1. The van der Waals surface area contributed by atoms with Gasteiger partial charge < -0.3 is 9.84 Å². The first kappa shape index (κ1) is 13.5. The molecule has 1 saturated carbocycles. The first-order valence-electron chi connectivity index (χ1n) is 6.45. The fourth-order valence-corrected chi connectivity index (χ4v) is 2.54. The Bertz CT molecular complexity index is 338. The van der Waals surface area contributed by atoms with Gasteiger partial charge in [-0.3, -0.25) is 14.5 Å². The van der Waals surface area contributed by atoms with Crippen molar-refractivity contribution in [1.29, 1.82) is 0 Å². The zero-order chi connectivity index (χ0) is 13.4. The van der Waals surface area contributed by atoms with Crippen molar-refractivity contribution in [2.24, 2.45) is 5.41 Å². The van der Waals surface area contributed by atoms with Gasteiger partial charge in [0.25, 0.3) is 11.8 Å². The van der Waals surface area contributed by atoms with Gasteiger partial charge in [-0.15, -0.1) is 0 Å². The molecular formula is C13H21NO4. The highest BCUT2D eigenvalue weighted by molar-refractivity contribution is 5.98. The van der Waals surface area contributed by atoms with Crippen LogP contribution < -0.4 is 0 Å². The minimum atomic E-state index is -0.918. The minimum absolute atomic E-state index is 0.0622. The number of ether oxygens (including phenoxy) is 1. The average molecular weight is 255 g/mol. The number of nitrogens with zero attached hydrogens (tertiary/aromatic N) is 1. The first-order chi connectivity index (χ1) is 8.31. The Morgan fingerprint density at radius 2 is 1.61 bits per heavy atom. The summed E-state index contributed by atoms with van der Waals surface area (Å²) >= 11 is 0. The van der Waals surface area contributed by atoms with Gasteiger partial charge in [0.15, 0.2) is 0 Å². The van der Waals surface area contributed by atoms with Gasteiger partial charge in [-0.2, -0.15) is 0 Å². The van der Waals surface area contributed by atoms with Gasteiger partial charge in [-0.1, -0.05) is 13.8 Å². The van der Waals surface area contributed by atoms with Crippen molar-refractivity contribution in [3.8, 4) is 0 Å². The van der Waals surface area contributed by atoms with E-state index in [1.54, 1.807) is 0 Å². The molecule has 0 bridgehead atoms. The molecule has 0 unspecified atom stereocenters. The second-order valence-electron chi connectivity index (χ2n) is 6.25. The van der Waals surface area contributed by atoms with Gasteiger partial charge in [-0.25, -0.2) is 0 Å². The smallest absolute Gasteiger partial charge is 0.255 e. The van der Waals surface area contributed by atoms with Crippen molar-refractivity contribution >= 4 is 11.8 Å². The number of carbonyl (C=O) groups is 2. The molecule has 5 heteroatoms. The molecular weight excluding hydrogens is 234 g/mol. The summed E-state index contributed by atoms with van der Waals surface area (Å²) in [5.41, 5.74) is -0.677. The molecule has 0 aromatic carbocycles. The second-order valence-corrected chi connectivity index (χ2v) is 6.25. The van der Waals surface area contributed by atoms with E-state index in [9.17, 15) is 14.7 Å². The number of amides is 2. The van der Waals surface area contributed by atoms with Crippen LogP contribution in [0, 0.1) is 5.41 Å². The molecule has 2 rings (SSSR count). The molecule has 0 spiro atoms. The highest BCUT2D eigenvalue weighted by Crippen LogP contribution is 2.40. The van der Waals surface area contributed by atoms with Gasteiger partial charge >= 0.3 is 0 Å². The Morgan fingerprint density at radius 1 is 1.11 bits per heavy atom. The predicted molar refractivity (Wildman–Crippen MR) is 64.7 cm³/mol. The van der Waals surface area contributed by atoms with Crippen LogP contribution in [-0.4, -0.2) is 47.2 Å². The molecule has 1 saturated heterocycles. The number of morpholine rings is 1. The Balaban J connectivity index is 2.00. The fourth-order valence-electron chi connectivity index (χ4n) is 2.54. The van der Waals surface area contributed by atoms with E-state index in [1.165, 1.54) is 0 Å². The van der Waals surface area contributed by atoms with E-state index in [0.717, 1.165) is 17.7 Å². The third-order valence-electron chi connectivity index (χ3n) is 4.04. The van der Waals surface area contributed by atoms with Gasteiger partial charge in [-0.05, 0) is 31.1 Å². The van der Waals surface area contributed by atoms with E-state index >= 15 is 0 Å². The number of carbonyl (C=O) groups excluding carboxylic acids is 2. The number of rotatable bonds is 2. The summed E-state index contributed by atoms with van der Waals surface area (Å²) in [7, 11) is 0. The van der Waals surface area contributed by atoms with Gasteiger partial charge in [0, 0.05) is 0 Å². The van der Waals surface area contributed by atoms with Crippen LogP contribution in [0.4, 0.5) is 0 Å². The normalized spacial score (nSPS) is 27.4. The van der Waals surface area contributed by atoms with Crippen molar-refractivity contribution < 1.29 is 19.4 Å². The monoisotopic (exact) mass is 255 g/mol. The third-order valence-corrected chi connectivity index (χ3v) is 4.04. The average Bonchev–Trinajstić information content (AvgIpc) is 2.29. The minimum Gasteiger partial charge on any atom is -0.388 e. The van der Waals surface area contributed by atoms with Gasteiger partial charge in [0.05, 0.1) is 12.1 Å². The molecule has 1 heterocycles. The molecule has 2 aliphatic rings. The van der Waals surface area contributed by atoms with E-state index in [1.807, 2.05) is 0 Å². The summed E-state index contributed by atoms with van der Waals surface area (Å²) in [5.74, 6) is -0.686. The zero-order valence-electron chi connectivity index (χ0n) is 11.1. The Morgan fingerprint density at radius 3 is 2.11 bits per heavy atom. The van der Waals surface area contributed by atoms with Crippen LogP contribution in [0.3, 0.4) is 0 Å². The van der Waals surface area contributed by atoms with Crippen LogP contribution >= 0.6 is 0 Å². The van der Waals surface area contributed by atoms with Crippen LogP contribution in [0.2, 0.25) is 0 Å².